The van der Waals surface area contributed by atoms with E-state index in [1.54, 1.807) is 0 Å². The van der Waals surface area contributed by atoms with E-state index in [2.05, 4.69) is 36.5 Å². The molecule has 178 valence electrons. The fourth-order valence-electron chi connectivity index (χ4n) is 7.72. The Hall–Kier alpha value is -3.38. The molecule has 1 spiro atoms. The molecule has 4 atom stereocenters. The molecule has 5 aliphatic rings. The summed E-state index contributed by atoms with van der Waals surface area (Å²) in [5.41, 5.74) is 6.11. The van der Waals surface area contributed by atoms with Crippen LogP contribution in [0.15, 0.2) is 65.4 Å². The van der Waals surface area contributed by atoms with Gasteiger partial charge in [-0.15, -0.1) is 0 Å². The first kappa shape index (κ1) is 20.9. The zero-order valence-electron chi connectivity index (χ0n) is 19.9. The van der Waals surface area contributed by atoms with Gasteiger partial charge < -0.3 is 19.3 Å². The quantitative estimate of drug-likeness (QED) is 0.317. The number of fused-ring (bicyclic) bond motifs is 3. The van der Waals surface area contributed by atoms with Crippen molar-refractivity contribution in [2.75, 3.05) is 38.2 Å². The van der Waals surface area contributed by atoms with Crippen LogP contribution in [0.1, 0.15) is 35.7 Å². The number of quaternary nitrogens is 1. The number of carbonyl (C=O) groups is 2. The van der Waals surface area contributed by atoms with E-state index >= 15 is 0 Å². The van der Waals surface area contributed by atoms with Gasteiger partial charge in [-0.25, -0.2) is 0 Å². The number of para-hydroxylation sites is 1. The lowest BCUT2D eigenvalue weighted by molar-refractivity contribution is -0.934. The van der Waals surface area contributed by atoms with Crippen molar-refractivity contribution >= 4 is 17.8 Å². The molecule has 4 aliphatic heterocycles. The maximum Gasteiger partial charge on any atom is 0.217 e. The van der Waals surface area contributed by atoms with Crippen LogP contribution in [0.3, 0.4) is 0 Å². The molecule has 0 aromatic heterocycles. The number of piperidine rings is 1. The third-order valence-corrected chi connectivity index (χ3v) is 9.18. The zero-order chi connectivity index (χ0) is 23.8. The molecule has 1 aliphatic carbocycles. The van der Waals surface area contributed by atoms with Gasteiger partial charge in [0.25, 0.3) is 0 Å². The molecule has 2 bridgehead atoms. The van der Waals surface area contributed by atoms with Crippen LogP contribution >= 0.6 is 0 Å². The highest BCUT2D eigenvalue weighted by Gasteiger charge is 2.68. The van der Waals surface area contributed by atoms with Crippen molar-refractivity contribution in [1.82, 2.24) is 0 Å². The number of nitrogens with one attached hydrogen (secondary N) is 1. The Bertz CT molecular complexity index is 1340. The average molecular weight is 470 g/mol. The van der Waals surface area contributed by atoms with Gasteiger partial charge in [0.1, 0.15) is 38.6 Å². The number of aldehydes is 1. The molecule has 2 aromatic carbocycles. The summed E-state index contributed by atoms with van der Waals surface area (Å²) in [5.74, 6) is 1.62. The lowest BCUT2D eigenvalue weighted by atomic mass is 9.61. The van der Waals surface area contributed by atoms with E-state index < -0.39 is 0 Å². The molecule has 2 fully saturated rings. The van der Waals surface area contributed by atoms with E-state index in [0.29, 0.717) is 36.8 Å². The van der Waals surface area contributed by atoms with E-state index in [0.717, 1.165) is 53.7 Å². The summed E-state index contributed by atoms with van der Waals surface area (Å²) >= 11 is 0. The first-order valence-electron chi connectivity index (χ1n) is 12.6. The molecule has 2 aromatic rings. The Morgan fingerprint density at radius 1 is 1.17 bits per heavy atom. The minimum atomic E-state index is -0.226. The summed E-state index contributed by atoms with van der Waals surface area (Å²) in [7, 11) is 0. The molecule has 0 radical (unpaired) electrons. The molecule has 6 heteroatoms. The van der Waals surface area contributed by atoms with Crippen molar-refractivity contribution in [3.05, 3.63) is 76.5 Å². The first-order valence-corrected chi connectivity index (χ1v) is 12.6. The minimum Gasteiger partial charge on any atom is -0.486 e. The second-order valence-corrected chi connectivity index (χ2v) is 10.5. The SMILES string of the molecule is C/C=C1/C[N+]2(CC(=O)c3ccc4c(c3)OCCO4)CC[C@]34C(=C(C=O)[C@H]1C[C@H]32)Nc1ccccc14. The lowest BCUT2D eigenvalue weighted by Crippen LogP contribution is -2.64. The monoisotopic (exact) mass is 469 g/mol. The van der Waals surface area contributed by atoms with E-state index in [4.69, 9.17) is 9.47 Å². The molecule has 6 nitrogen and oxygen atoms in total. The van der Waals surface area contributed by atoms with Crippen LogP contribution in [0, 0.1) is 5.92 Å². The summed E-state index contributed by atoms with van der Waals surface area (Å²) in [6.07, 6.45) is 5.10. The normalized spacial score (nSPS) is 32.7. The summed E-state index contributed by atoms with van der Waals surface area (Å²) < 4.78 is 12.1. The smallest absolute Gasteiger partial charge is 0.217 e. The van der Waals surface area contributed by atoms with Crippen LogP contribution in [0.4, 0.5) is 5.69 Å². The third-order valence-electron chi connectivity index (χ3n) is 9.18. The topological polar surface area (TPSA) is 64.6 Å². The molecular weight excluding hydrogens is 440 g/mol. The third kappa shape index (κ3) is 2.69. The number of ketones is 1. The highest BCUT2D eigenvalue weighted by Crippen LogP contribution is 2.63. The van der Waals surface area contributed by atoms with Gasteiger partial charge in [0.15, 0.2) is 11.5 Å². The fourth-order valence-corrected chi connectivity index (χ4v) is 7.72. The van der Waals surface area contributed by atoms with Crippen LogP contribution in [-0.4, -0.2) is 55.4 Å². The van der Waals surface area contributed by atoms with Crippen molar-refractivity contribution in [2.24, 2.45) is 5.92 Å². The molecule has 0 amide bonds. The van der Waals surface area contributed by atoms with Crippen LogP contribution < -0.4 is 14.8 Å². The second kappa shape index (κ2) is 7.31. The van der Waals surface area contributed by atoms with Crippen LogP contribution in [0.5, 0.6) is 11.5 Å². The fraction of sp³-hybridized carbons (Fsp3) is 0.379. The van der Waals surface area contributed by atoms with Gasteiger partial charge >= 0.3 is 0 Å². The van der Waals surface area contributed by atoms with Crippen molar-refractivity contribution in [1.29, 1.82) is 0 Å². The zero-order valence-corrected chi connectivity index (χ0v) is 19.9. The maximum atomic E-state index is 13.8. The second-order valence-electron chi connectivity index (χ2n) is 10.5. The molecule has 35 heavy (non-hydrogen) atoms. The van der Waals surface area contributed by atoms with Gasteiger partial charge in [-0.05, 0) is 42.3 Å². The molecule has 7 rings (SSSR count). The molecule has 1 N–H and O–H groups in total. The summed E-state index contributed by atoms with van der Waals surface area (Å²) in [5, 5.41) is 3.66. The number of allylic oxidation sites excluding steroid dienone is 2. The van der Waals surface area contributed by atoms with Crippen molar-refractivity contribution in [3.8, 4) is 11.5 Å². The van der Waals surface area contributed by atoms with Crippen molar-refractivity contribution < 1.29 is 23.5 Å². The van der Waals surface area contributed by atoms with Gasteiger partial charge in [-0.3, -0.25) is 9.59 Å². The molecule has 1 unspecified atom stereocenters. The predicted molar refractivity (Wildman–Crippen MR) is 132 cm³/mol. The van der Waals surface area contributed by atoms with Gasteiger partial charge in [-0.1, -0.05) is 24.3 Å². The van der Waals surface area contributed by atoms with Crippen molar-refractivity contribution in [3.63, 3.8) is 0 Å². The van der Waals surface area contributed by atoms with Gasteiger partial charge in [0.05, 0.1) is 12.0 Å². The standard InChI is InChI=1S/C29H28N2O4/c1-2-18-15-31(16-24(33)19-7-8-25-26(13-19)35-12-11-34-25)10-9-29-22-5-3-4-6-23(22)30-28(29)21(17-32)20(18)14-27(29)31/h2-8,13,17,20,27H,9-12,14-16H2,1H3/p+1/b18-2-/t20-,27+,29+,31?/m0/s1. The number of rotatable bonds is 4. The number of hydrogen-bond acceptors (Lipinski definition) is 5. The van der Waals surface area contributed by atoms with Gasteiger partial charge in [0, 0.05) is 41.3 Å². The van der Waals surface area contributed by atoms with Crippen molar-refractivity contribution in [2.45, 2.75) is 31.2 Å². The largest absolute Gasteiger partial charge is 0.486 e. The Morgan fingerprint density at radius 2 is 2.00 bits per heavy atom. The Balaban J connectivity index is 1.33. The maximum absolute atomic E-state index is 13.8. The number of hydrogen-bond donors (Lipinski definition) is 1. The summed E-state index contributed by atoms with van der Waals surface area (Å²) in [4.78, 5) is 26.2. The summed E-state index contributed by atoms with van der Waals surface area (Å²) in [6, 6.07) is 14.3. The first-order chi connectivity index (χ1) is 17.1. The number of nitrogens with zero attached hydrogens (tertiary/aromatic N) is 1. The van der Waals surface area contributed by atoms with Gasteiger partial charge in [0.2, 0.25) is 5.78 Å². The minimum absolute atomic E-state index is 0.126. The molecule has 0 saturated carbocycles. The number of benzene rings is 2. The van der Waals surface area contributed by atoms with Crippen LogP contribution in [0.25, 0.3) is 0 Å². The molecule has 2 saturated heterocycles. The van der Waals surface area contributed by atoms with E-state index in [-0.39, 0.29) is 23.2 Å². The molecular formula is C29H29N2O4+. The highest BCUT2D eigenvalue weighted by atomic mass is 16.6. The number of anilines is 1. The Morgan fingerprint density at radius 3 is 2.83 bits per heavy atom. The lowest BCUT2D eigenvalue weighted by Gasteiger charge is -2.53. The number of ether oxygens (including phenoxy) is 2. The van der Waals surface area contributed by atoms with Crippen LogP contribution in [-0.2, 0) is 10.2 Å². The van der Waals surface area contributed by atoms with Crippen LogP contribution in [0.2, 0.25) is 0 Å². The van der Waals surface area contributed by atoms with E-state index in [1.807, 2.05) is 24.3 Å². The Kier molecular flexibility index (Phi) is 4.38. The average Bonchev–Trinajstić information content (AvgIpc) is 3.42. The van der Waals surface area contributed by atoms with E-state index in [9.17, 15) is 9.59 Å². The number of carbonyl (C=O) groups excluding carboxylic acids is 2. The predicted octanol–water partition coefficient (Wildman–Crippen LogP) is 4.03. The van der Waals surface area contributed by atoms with E-state index in [1.165, 1.54) is 11.1 Å². The Labute approximate surface area is 204 Å². The number of Topliss-reactive ketones (excluding diaryl/α,β-unsaturated/α-hetero) is 1. The van der Waals surface area contributed by atoms with Gasteiger partial charge in [-0.2, -0.15) is 0 Å². The summed E-state index contributed by atoms with van der Waals surface area (Å²) in [6.45, 7) is 5.28. The molecule has 4 heterocycles. The highest BCUT2D eigenvalue weighted by molar-refractivity contribution is 5.97.